The van der Waals surface area contributed by atoms with Gasteiger partial charge in [0.2, 0.25) is 0 Å². The highest BCUT2D eigenvalue weighted by atomic mass is 19.1. The van der Waals surface area contributed by atoms with Gasteiger partial charge in [0.15, 0.2) is 11.6 Å². The lowest BCUT2D eigenvalue weighted by Gasteiger charge is -2.28. The Bertz CT molecular complexity index is 1090. The molecular formula is C30H36FNO4. The standard InChI is InChI=1S/C30H36FNO4/c1-3-4-5-11-18-32(21-23-12-7-6-8-13-23)29(33)20-24-16-17-28(27(31)19-24)36-22-25-14-9-10-15-26(25)30(34)35-2/h6-10,12-17,19,29,33H,3-5,11,18,20-22H2,1-2H3. The molecule has 1 atom stereocenters. The number of hydrogen-bond acceptors (Lipinski definition) is 5. The van der Waals surface area contributed by atoms with E-state index in [-0.39, 0.29) is 12.4 Å². The molecule has 1 N–H and O–H groups in total. The Balaban J connectivity index is 1.64. The summed E-state index contributed by atoms with van der Waals surface area (Å²) < 4.78 is 25.3. The number of carbonyl (C=O) groups is 1. The normalized spacial score (nSPS) is 11.9. The second kappa shape index (κ2) is 14.4. The lowest BCUT2D eigenvalue weighted by molar-refractivity contribution is -0.00277. The molecule has 0 heterocycles. The molecule has 0 aliphatic rings. The van der Waals surface area contributed by atoms with E-state index in [1.165, 1.54) is 19.6 Å². The summed E-state index contributed by atoms with van der Waals surface area (Å²) in [6, 6.07) is 21.7. The SMILES string of the molecule is CCCCCCN(Cc1ccccc1)C(O)Cc1ccc(OCc2ccccc2C(=O)OC)c(F)c1. The molecule has 3 rings (SSSR count). The minimum atomic E-state index is -0.732. The van der Waals surface area contributed by atoms with Gasteiger partial charge in [-0.25, -0.2) is 9.18 Å². The maximum atomic E-state index is 14.9. The molecule has 6 heteroatoms. The molecule has 0 aliphatic carbocycles. The number of halogens is 1. The van der Waals surface area contributed by atoms with Gasteiger partial charge in [0.1, 0.15) is 12.8 Å². The van der Waals surface area contributed by atoms with Gasteiger partial charge in [0.25, 0.3) is 0 Å². The molecule has 0 spiro atoms. The minimum absolute atomic E-state index is 0.0345. The van der Waals surface area contributed by atoms with Crippen LogP contribution in [-0.4, -0.2) is 35.9 Å². The minimum Gasteiger partial charge on any atom is -0.486 e. The third-order valence-electron chi connectivity index (χ3n) is 6.17. The fourth-order valence-corrected chi connectivity index (χ4v) is 4.13. The number of aliphatic hydroxyl groups excluding tert-OH is 1. The van der Waals surface area contributed by atoms with Crippen molar-refractivity contribution in [1.82, 2.24) is 4.90 Å². The third-order valence-corrected chi connectivity index (χ3v) is 6.17. The van der Waals surface area contributed by atoms with Crippen molar-refractivity contribution in [2.75, 3.05) is 13.7 Å². The zero-order chi connectivity index (χ0) is 25.8. The van der Waals surface area contributed by atoms with Crippen LogP contribution >= 0.6 is 0 Å². The van der Waals surface area contributed by atoms with Gasteiger partial charge in [0.05, 0.1) is 12.7 Å². The molecule has 36 heavy (non-hydrogen) atoms. The maximum Gasteiger partial charge on any atom is 0.338 e. The second-order valence-corrected chi connectivity index (χ2v) is 8.90. The maximum absolute atomic E-state index is 14.9. The monoisotopic (exact) mass is 493 g/mol. The van der Waals surface area contributed by atoms with Crippen molar-refractivity contribution in [3.8, 4) is 5.75 Å². The number of benzene rings is 3. The van der Waals surface area contributed by atoms with E-state index in [4.69, 9.17) is 9.47 Å². The number of esters is 1. The molecule has 0 aromatic heterocycles. The van der Waals surface area contributed by atoms with Gasteiger partial charge in [-0.2, -0.15) is 0 Å². The van der Waals surface area contributed by atoms with E-state index in [0.29, 0.717) is 29.7 Å². The summed E-state index contributed by atoms with van der Waals surface area (Å²) in [5.41, 5.74) is 2.82. The number of nitrogens with zero attached hydrogens (tertiary/aromatic N) is 1. The van der Waals surface area contributed by atoms with Gasteiger partial charge in [-0.1, -0.05) is 80.8 Å². The fourth-order valence-electron chi connectivity index (χ4n) is 4.13. The topological polar surface area (TPSA) is 59.0 Å². The molecule has 3 aromatic rings. The van der Waals surface area contributed by atoms with Gasteiger partial charge < -0.3 is 14.6 Å². The summed E-state index contributed by atoms with van der Waals surface area (Å²) in [5.74, 6) is -0.879. The van der Waals surface area contributed by atoms with E-state index in [1.54, 1.807) is 36.4 Å². The molecule has 5 nitrogen and oxygen atoms in total. The Hall–Kier alpha value is -3.22. The highest BCUT2D eigenvalue weighted by Gasteiger charge is 2.18. The van der Waals surface area contributed by atoms with Crippen molar-refractivity contribution in [2.24, 2.45) is 0 Å². The quantitative estimate of drug-likeness (QED) is 0.166. The predicted octanol–water partition coefficient (Wildman–Crippen LogP) is 6.13. The number of carbonyl (C=O) groups excluding carboxylic acids is 1. The van der Waals surface area contributed by atoms with Crippen LogP contribution in [0.25, 0.3) is 0 Å². The number of hydrogen-bond donors (Lipinski definition) is 1. The lowest BCUT2D eigenvalue weighted by atomic mass is 10.1. The summed E-state index contributed by atoms with van der Waals surface area (Å²) in [6.45, 7) is 3.62. The van der Waals surface area contributed by atoms with Crippen LogP contribution < -0.4 is 4.74 Å². The Morgan fingerprint density at radius 1 is 0.972 bits per heavy atom. The van der Waals surface area contributed by atoms with Crippen LogP contribution in [0.4, 0.5) is 4.39 Å². The van der Waals surface area contributed by atoms with Gasteiger partial charge in [-0.3, -0.25) is 4.90 Å². The largest absolute Gasteiger partial charge is 0.486 e. The Labute approximate surface area is 213 Å². The van der Waals surface area contributed by atoms with Crippen molar-refractivity contribution in [3.05, 3.63) is 101 Å². The van der Waals surface area contributed by atoms with Crippen molar-refractivity contribution >= 4 is 5.97 Å². The summed E-state index contributed by atoms with van der Waals surface area (Å²) in [6.07, 6.45) is 4.03. The molecule has 0 saturated carbocycles. The first-order valence-electron chi connectivity index (χ1n) is 12.5. The predicted molar refractivity (Wildman–Crippen MR) is 139 cm³/mol. The van der Waals surface area contributed by atoms with Crippen LogP contribution in [0.2, 0.25) is 0 Å². The summed E-state index contributed by atoms with van der Waals surface area (Å²) >= 11 is 0. The Morgan fingerprint density at radius 3 is 2.44 bits per heavy atom. The molecule has 192 valence electrons. The van der Waals surface area contributed by atoms with Crippen molar-refractivity contribution in [3.63, 3.8) is 0 Å². The third kappa shape index (κ3) is 8.18. The van der Waals surface area contributed by atoms with E-state index < -0.39 is 18.0 Å². The number of rotatable bonds is 14. The molecular weight excluding hydrogens is 457 g/mol. The average Bonchev–Trinajstić information content (AvgIpc) is 2.90. The van der Waals surface area contributed by atoms with Gasteiger partial charge in [-0.05, 0) is 35.7 Å². The molecule has 1 unspecified atom stereocenters. The first-order chi connectivity index (χ1) is 17.5. The van der Waals surface area contributed by atoms with Crippen LogP contribution in [0.3, 0.4) is 0 Å². The highest BCUT2D eigenvalue weighted by molar-refractivity contribution is 5.90. The van der Waals surface area contributed by atoms with E-state index in [0.717, 1.165) is 31.4 Å². The molecule has 0 bridgehead atoms. The van der Waals surface area contributed by atoms with E-state index in [2.05, 4.69) is 24.0 Å². The number of aliphatic hydroxyl groups is 1. The van der Waals surface area contributed by atoms with Crippen molar-refractivity contribution in [2.45, 2.75) is 58.4 Å². The average molecular weight is 494 g/mol. The van der Waals surface area contributed by atoms with Crippen LogP contribution in [0.5, 0.6) is 5.75 Å². The molecule has 0 fully saturated rings. The Kier molecular flexibility index (Phi) is 10.9. The van der Waals surface area contributed by atoms with E-state index >= 15 is 0 Å². The molecule has 0 amide bonds. The van der Waals surface area contributed by atoms with Crippen molar-refractivity contribution < 1.29 is 23.8 Å². The molecule has 0 saturated heterocycles. The zero-order valence-electron chi connectivity index (χ0n) is 21.2. The van der Waals surface area contributed by atoms with Crippen LogP contribution in [0, 0.1) is 5.82 Å². The zero-order valence-corrected chi connectivity index (χ0v) is 21.2. The highest BCUT2D eigenvalue weighted by Crippen LogP contribution is 2.22. The summed E-state index contributed by atoms with van der Waals surface area (Å²) in [7, 11) is 1.32. The smallest absolute Gasteiger partial charge is 0.338 e. The second-order valence-electron chi connectivity index (χ2n) is 8.90. The van der Waals surface area contributed by atoms with Gasteiger partial charge in [-0.15, -0.1) is 0 Å². The molecule has 0 aliphatic heterocycles. The van der Waals surface area contributed by atoms with Crippen molar-refractivity contribution in [1.29, 1.82) is 0 Å². The number of methoxy groups -OCH3 is 1. The first kappa shape index (κ1) is 27.4. The van der Waals surface area contributed by atoms with Gasteiger partial charge >= 0.3 is 5.97 Å². The van der Waals surface area contributed by atoms with E-state index in [9.17, 15) is 14.3 Å². The molecule has 0 radical (unpaired) electrons. The number of ether oxygens (including phenoxy) is 2. The molecule has 3 aromatic carbocycles. The number of unbranched alkanes of at least 4 members (excludes halogenated alkanes) is 3. The van der Waals surface area contributed by atoms with Crippen LogP contribution in [0.1, 0.15) is 59.7 Å². The van der Waals surface area contributed by atoms with Crippen LogP contribution in [0.15, 0.2) is 72.8 Å². The first-order valence-corrected chi connectivity index (χ1v) is 12.5. The summed E-state index contributed by atoms with van der Waals surface area (Å²) in [5, 5.41) is 11.0. The fraction of sp³-hybridized carbons (Fsp3) is 0.367. The van der Waals surface area contributed by atoms with Crippen LogP contribution in [-0.2, 0) is 24.3 Å². The van der Waals surface area contributed by atoms with Gasteiger partial charge in [0, 0.05) is 25.1 Å². The summed E-state index contributed by atoms with van der Waals surface area (Å²) in [4.78, 5) is 14.0. The Morgan fingerprint density at radius 2 is 1.72 bits per heavy atom. The lowest BCUT2D eigenvalue weighted by Crippen LogP contribution is -2.37. The van der Waals surface area contributed by atoms with E-state index in [1.807, 2.05) is 18.2 Å².